The van der Waals surface area contributed by atoms with Gasteiger partial charge >= 0.3 is 0 Å². The van der Waals surface area contributed by atoms with Crippen LogP contribution in [0.2, 0.25) is 0 Å². The third-order valence-corrected chi connectivity index (χ3v) is 10.1. The number of ether oxygens (including phenoxy) is 2. The van der Waals surface area contributed by atoms with Gasteiger partial charge in [-0.1, -0.05) is 153 Å². The van der Waals surface area contributed by atoms with Crippen LogP contribution in [0.15, 0.2) is 48.6 Å². The van der Waals surface area contributed by atoms with Crippen LogP contribution in [0.25, 0.3) is 0 Å². The van der Waals surface area contributed by atoms with Gasteiger partial charge in [0, 0.05) is 19.4 Å². The molecule has 1 aliphatic heterocycles. The van der Waals surface area contributed by atoms with Gasteiger partial charge < -0.3 is 14.4 Å². The molecule has 0 bridgehead atoms. The fourth-order valence-electron chi connectivity index (χ4n) is 7.02. The molecule has 1 aliphatic rings. The highest BCUT2D eigenvalue weighted by molar-refractivity contribution is 4.93. The van der Waals surface area contributed by atoms with Crippen molar-refractivity contribution in [2.45, 2.75) is 225 Å². The molecule has 1 saturated heterocycles. The quantitative estimate of drug-likeness (QED) is 0.0490. The normalized spacial score (nSPS) is 18.2. The summed E-state index contributed by atoms with van der Waals surface area (Å²) in [6.45, 7) is 7.90. The Morgan fingerprint density at radius 1 is 0.429 bits per heavy atom. The summed E-state index contributed by atoms with van der Waals surface area (Å²) in [6.07, 6.45) is 55.9. The van der Waals surface area contributed by atoms with Crippen LogP contribution in [0.3, 0.4) is 0 Å². The lowest BCUT2D eigenvalue weighted by atomic mass is 9.98. The average Bonchev–Trinajstić information content (AvgIpc) is 3.44. The van der Waals surface area contributed by atoms with Crippen LogP contribution in [-0.4, -0.2) is 43.5 Å². The van der Waals surface area contributed by atoms with Crippen LogP contribution < -0.4 is 0 Å². The molecule has 0 saturated carbocycles. The van der Waals surface area contributed by atoms with E-state index in [1.54, 1.807) is 0 Å². The number of hydrogen-bond donors (Lipinski definition) is 0. The second kappa shape index (κ2) is 34.0. The van der Waals surface area contributed by atoms with Gasteiger partial charge in [0.05, 0.1) is 12.2 Å². The predicted molar refractivity (Wildman–Crippen MR) is 219 cm³/mol. The molecule has 3 heteroatoms. The van der Waals surface area contributed by atoms with E-state index in [4.69, 9.17) is 9.47 Å². The summed E-state index contributed by atoms with van der Waals surface area (Å²) in [5.41, 5.74) is 0. The Morgan fingerprint density at radius 2 is 0.796 bits per heavy atom. The molecule has 2 atom stereocenters. The van der Waals surface area contributed by atoms with Crippen LogP contribution in [0.1, 0.15) is 207 Å². The van der Waals surface area contributed by atoms with Crippen LogP contribution in [0, 0.1) is 0 Å². The Labute approximate surface area is 307 Å². The summed E-state index contributed by atoms with van der Waals surface area (Å²) >= 11 is 0. The van der Waals surface area contributed by atoms with E-state index in [0.717, 1.165) is 45.1 Å². The average molecular weight is 684 g/mol. The molecule has 3 nitrogen and oxygen atoms in total. The van der Waals surface area contributed by atoms with Crippen molar-refractivity contribution in [2.75, 3.05) is 20.6 Å². The topological polar surface area (TPSA) is 21.7 Å². The fraction of sp³-hybridized carbons (Fsp3) is 0.826. The minimum absolute atomic E-state index is 0.247. The van der Waals surface area contributed by atoms with Gasteiger partial charge in [0.25, 0.3) is 0 Å². The van der Waals surface area contributed by atoms with Gasteiger partial charge in [-0.25, -0.2) is 0 Å². The highest BCUT2D eigenvalue weighted by Gasteiger charge is 2.45. The van der Waals surface area contributed by atoms with Gasteiger partial charge in [-0.3, -0.25) is 0 Å². The smallest absolute Gasteiger partial charge is 0.169 e. The molecule has 0 amide bonds. The van der Waals surface area contributed by atoms with Gasteiger partial charge in [-0.05, 0) is 104 Å². The van der Waals surface area contributed by atoms with E-state index in [1.165, 1.54) is 148 Å². The summed E-state index contributed by atoms with van der Waals surface area (Å²) < 4.78 is 13.9. The molecule has 1 rings (SSSR count). The van der Waals surface area contributed by atoms with Gasteiger partial charge in [0.2, 0.25) is 0 Å². The van der Waals surface area contributed by atoms with E-state index in [9.17, 15) is 0 Å². The van der Waals surface area contributed by atoms with E-state index in [2.05, 4.69) is 88.4 Å². The third-order valence-electron chi connectivity index (χ3n) is 10.1. The molecule has 0 aromatic heterocycles. The molecule has 0 radical (unpaired) electrons. The molecular formula is C46H85NO2. The van der Waals surface area contributed by atoms with Crippen molar-refractivity contribution in [2.24, 2.45) is 0 Å². The second-order valence-electron chi connectivity index (χ2n) is 15.3. The van der Waals surface area contributed by atoms with Crippen molar-refractivity contribution >= 4 is 0 Å². The van der Waals surface area contributed by atoms with Crippen molar-refractivity contribution < 1.29 is 9.47 Å². The molecular weight excluding hydrogens is 599 g/mol. The Kier molecular flexibility index (Phi) is 31.8. The summed E-state index contributed by atoms with van der Waals surface area (Å²) in [7, 11) is 4.35. The molecule has 1 fully saturated rings. The zero-order chi connectivity index (χ0) is 35.5. The Bertz CT molecular complexity index is 764. The SMILES string of the molecule is CCCCC/C=C\C/C=C\CCCCCCCCC1(CCCCCCCC/C=C\C/C=C\CCCCC)OC(CCC)C(CCN(C)C)O1. The standard InChI is InChI=1S/C46H85NO2/c1-6-9-11-13-15-17-19-21-23-25-27-29-31-33-35-37-41-46(48-44(39-8-3)45(49-46)40-43-47(4)5)42-38-36-34-32-30-28-26-24-22-20-18-16-14-12-10-7-2/h15-18,21-24,44-45H,6-14,19-20,25-43H2,1-5H3/b17-15-,18-16-,23-21-,24-22-. The molecule has 0 aromatic carbocycles. The van der Waals surface area contributed by atoms with Gasteiger partial charge in [-0.2, -0.15) is 0 Å². The lowest BCUT2D eigenvalue weighted by molar-refractivity contribution is -0.187. The lowest BCUT2D eigenvalue weighted by Gasteiger charge is -2.29. The maximum absolute atomic E-state index is 6.94. The van der Waals surface area contributed by atoms with E-state index in [-0.39, 0.29) is 18.0 Å². The van der Waals surface area contributed by atoms with Crippen LogP contribution in [0.4, 0.5) is 0 Å². The lowest BCUT2D eigenvalue weighted by Crippen LogP contribution is -2.31. The largest absolute Gasteiger partial charge is 0.344 e. The van der Waals surface area contributed by atoms with Crippen molar-refractivity contribution in [1.29, 1.82) is 0 Å². The number of unbranched alkanes of at least 4 members (excludes halogenated alkanes) is 18. The molecule has 1 heterocycles. The number of rotatable bonds is 35. The number of hydrogen-bond acceptors (Lipinski definition) is 3. The molecule has 0 N–H and O–H groups in total. The van der Waals surface area contributed by atoms with E-state index in [1.807, 2.05) is 0 Å². The fourth-order valence-corrected chi connectivity index (χ4v) is 7.02. The minimum Gasteiger partial charge on any atom is -0.344 e. The minimum atomic E-state index is -0.346. The van der Waals surface area contributed by atoms with Gasteiger partial charge in [0.15, 0.2) is 5.79 Å². The number of nitrogens with zero attached hydrogens (tertiary/aromatic N) is 1. The van der Waals surface area contributed by atoms with Crippen molar-refractivity contribution in [1.82, 2.24) is 4.90 Å². The van der Waals surface area contributed by atoms with Crippen molar-refractivity contribution in [3.05, 3.63) is 48.6 Å². The Balaban J connectivity index is 2.33. The summed E-state index contributed by atoms with van der Waals surface area (Å²) in [5.74, 6) is -0.346. The first kappa shape index (κ1) is 45.9. The summed E-state index contributed by atoms with van der Waals surface area (Å²) in [4.78, 5) is 2.29. The first-order chi connectivity index (χ1) is 24.1. The maximum Gasteiger partial charge on any atom is 0.169 e. The number of allylic oxidation sites excluding steroid dienone is 8. The molecule has 0 aromatic rings. The van der Waals surface area contributed by atoms with Gasteiger partial charge in [0.1, 0.15) is 0 Å². The third kappa shape index (κ3) is 27.2. The monoisotopic (exact) mass is 684 g/mol. The van der Waals surface area contributed by atoms with E-state index >= 15 is 0 Å². The Morgan fingerprint density at radius 3 is 1.18 bits per heavy atom. The highest BCUT2D eigenvalue weighted by Crippen LogP contribution is 2.40. The molecule has 2 unspecified atom stereocenters. The molecule has 49 heavy (non-hydrogen) atoms. The molecule has 286 valence electrons. The summed E-state index contributed by atoms with van der Waals surface area (Å²) in [5, 5.41) is 0. The highest BCUT2D eigenvalue weighted by atomic mass is 16.8. The van der Waals surface area contributed by atoms with E-state index in [0.29, 0.717) is 0 Å². The van der Waals surface area contributed by atoms with Crippen molar-refractivity contribution in [3.8, 4) is 0 Å². The van der Waals surface area contributed by atoms with Crippen LogP contribution in [-0.2, 0) is 9.47 Å². The first-order valence-electron chi connectivity index (χ1n) is 21.7. The zero-order valence-electron chi connectivity index (χ0n) is 33.8. The maximum atomic E-state index is 6.94. The first-order valence-corrected chi connectivity index (χ1v) is 21.7. The van der Waals surface area contributed by atoms with Crippen LogP contribution in [0.5, 0.6) is 0 Å². The molecule has 0 spiro atoms. The Hall–Kier alpha value is -1.16. The zero-order valence-corrected chi connectivity index (χ0v) is 33.8. The second-order valence-corrected chi connectivity index (χ2v) is 15.3. The van der Waals surface area contributed by atoms with Crippen molar-refractivity contribution in [3.63, 3.8) is 0 Å². The molecule has 0 aliphatic carbocycles. The van der Waals surface area contributed by atoms with E-state index < -0.39 is 0 Å². The van der Waals surface area contributed by atoms with Gasteiger partial charge in [-0.15, -0.1) is 0 Å². The predicted octanol–water partition coefficient (Wildman–Crippen LogP) is 14.6. The summed E-state index contributed by atoms with van der Waals surface area (Å²) in [6, 6.07) is 0. The van der Waals surface area contributed by atoms with Crippen LogP contribution >= 0.6 is 0 Å².